The van der Waals surface area contributed by atoms with Gasteiger partial charge in [0.05, 0.1) is 6.10 Å². The van der Waals surface area contributed by atoms with Gasteiger partial charge in [-0.15, -0.1) is 11.3 Å². The Labute approximate surface area is 138 Å². The lowest BCUT2D eigenvalue weighted by molar-refractivity contribution is 0.106. The van der Waals surface area contributed by atoms with Crippen LogP contribution in [0.1, 0.15) is 41.7 Å². The summed E-state index contributed by atoms with van der Waals surface area (Å²) in [5.41, 5.74) is 0.999. The maximum atomic E-state index is 10.5. The number of thiophene rings is 1. The van der Waals surface area contributed by atoms with Crippen molar-refractivity contribution in [1.82, 2.24) is 4.90 Å². The number of aryl methyl sites for hydroxylation is 1. The molecule has 0 saturated heterocycles. The van der Waals surface area contributed by atoms with E-state index in [0.29, 0.717) is 12.5 Å². The molecule has 1 N–H and O–H groups in total. The van der Waals surface area contributed by atoms with E-state index in [0.717, 1.165) is 25.1 Å². The minimum Gasteiger partial charge on any atom is -0.387 e. The number of aliphatic hydroxyl groups excluding tert-OH is 1. The van der Waals surface area contributed by atoms with Gasteiger partial charge in [-0.25, -0.2) is 0 Å². The van der Waals surface area contributed by atoms with Gasteiger partial charge in [0.25, 0.3) is 0 Å². The van der Waals surface area contributed by atoms with Gasteiger partial charge in [-0.1, -0.05) is 44.2 Å². The third-order valence-corrected chi connectivity index (χ3v) is 4.80. The topological polar surface area (TPSA) is 23.5 Å². The molecule has 120 valence electrons. The van der Waals surface area contributed by atoms with Gasteiger partial charge in [-0.2, -0.15) is 0 Å². The Kier molecular flexibility index (Phi) is 6.62. The van der Waals surface area contributed by atoms with Crippen LogP contribution in [0.4, 0.5) is 0 Å². The first-order chi connectivity index (χ1) is 10.5. The average Bonchev–Trinajstić information content (AvgIpc) is 2.90. The monoisotopic (exact) mass is 317 g/mol. The molecule has 1 aromatic heterocycles. The molecule has 3 heteroatoms. The lowest BCUT2D eigenvalue weighted by atomic mass is 10.1. The third-order valence-electron chi connectivity index (χ3n) is 3.81. The Hall–Kier alpha value is -1.16. The molecule has 22 heavy (non-hydrogen) atoms. The van der Waals surface area contributed by atoms with Crippen molar-refractivity contribution in [2.75, 3.05) is 13.1 Å². The molecule has 0 spiro atoms. The highest BCUT2D eigenvalue weighted by atomic mass is 32.1. The van der Waals surface area contributed by atoms with Crippen LogP contribution < -0.4 is 0 Å². The zero-order chi connectivity index (χ0) is 15.9. The highest BCUT2D eigenvalue weighted by molar-refractivity contribution is 7.11. The predicted octanol–water partition coefficient (Wildman–Crippen LogP) is 4.64. The second-order valence-corrected chi connectivity index (χ2v) is 7.73. The van der Waals surface area contributed by atoms with Crippen LogP contribution in [0, 0.1) is 12.8 Å². The number of hydrogen-bond donors (Lipinski definition) is 1. The van der Waals surface area contributed by atoms with Crippen molar-refractivity contribution >= 4 is 11.3 Å². The number of rotatable bonds is 8. The minimum absolute atomic E-state index is 0.422. The molecule has 0 saturated carbocycles. The van der Waals surface area contributed by atoms with Crippen molar-refractivity contribution in [3.63, 3.8) is 0 Å². The molecule has 2 nitrogen and oxygen atoms in total. The number of aliphatic hydroxyl groups is 1. The Morgan fingerprint density at radius 1 is 1.09 bits per heavy atom. The Morgan fingerprint density at radius 2 is 1.82 bits per heavy atom. The van der Waals surface area contributed by atoms with Gasteiger partial charge in [0.1, 0.15) is 0 Å². The average molecular weight is 317 g/mol. The fourth-order valence-electron chi connectivity index (χ4n) is 2.49. The molecule has 1 heterocycles. The first kappa shape index (κ1) is 17.2. The summed E-state index contributed by atoms with van der Waals surface area (Å²) in [6.07, 6.45) is 0.737. The number of nitrogens with zero attached hydrogens (tertiary/aromatic N) is 1. The van der Waals surface area contributed by atoms with Crippen molar-refractivity contribution in [2.24, 2.45) is 5.92 Å². The highest BCUT2D eigenvalue weighted by Crippen LogP contribution is 2.20. The normalized spacial score (nSPS) is 13.0. The van der Waals surface area contributed by atoms with Gasteiger partial charge in [0.2, 0.25) is 0 Å². The van der Waals surface area contributed by atoms with Crippen molar-refractivity contribution in [3.05, 3.63) is 57.8 Å². The maximum absolute atomic E-state index is 10.5. The smallest absolute Gasteiger partial charge is 0.0917 e. The van der Waals surface area contributed by atoms with Crippen molar-refractivity contribution < 1.29 is 5.11 Å². The van der Waals surface area contributed by atoms with E-state index < -0.39 is 6.10 Å². The van der Waals surface area contributed by atoms with E-state index in [9.17, 15) is 5.11 Å². The molecular weight excluding hydrogens is 290 g/mol. The lowest BCUT2D eigenvalue weighted by Gasteiger charge is -2.25. The fraction of sp³-hybridized carbons (Fsp3) is 0.474. The van der Waals surface area contributed by atoms with Crippen LogP contribution in [-0.4, -0.2) is 23.1 Å². The second-order valence-electron chi connectivity index (χ2n) is 6.36. The molecule has 1 aromatic carbocycles. The van der Waals surface area contributed by atoms with Gasteiger partial charge < -0.3 is 5.11 Å². The summed E-state index contributed by atoms with van der Waals surface area (Å²) in [4.78, 5) is 5.10. The maximum Gasteiger partial charge on any atom is 0.0917 e. The van der Waals surface area contributed by atoms with Crippen LogP contribution >= 0.6 is 11.3 Å². The lowest BCUT2D eigenvalue weighted by Crippen LogP contribution is -2.29. The van der Waals surface area contributed by atoms with Gasteiger partial charge in [-0.3, -0.25) is 4.90 Å². The van der Waals surface area contributed by atoms with E-state index in [-0.39, 0.29) is 0 Å². The van der Waals surface area contributed by atoms with E-state index in [2.05, 4.69) is 37.8 Å². The zero-order valence-corrected chi connectivity index (χ0v) is 14.6. The summed E-state index contributed by atoms with van der Waals surface area (Å²) >= 11 is 1.85. The Morgan fingerprint density at radius 3 is 2.41 bits per heavy atom. The summed E-state index contributed by atoms with van der Waals surface area (Å²) in [5.74, 6) is 0.682. The van der Waals surface area contributed by atoms with Crippen LogP contribution in [0.15, 0.2) is 42.5 Å². The molecule has 1 atom stereocenters. The van der Waals surface area contributed by atoms with Crippen molar-refractivity contribution in [3.8, 4) is 0 Å². The van der Waals surface area contributed by atoms with Crippen LogP contribution in [0.5, 0.6) is 0 Å². The standard InChI is InChI=1S/C19H27NOS/c1-15(2)11-12-20(13-18-10-9-16(3)22-18)14-19(21)17-7-5-4-6-8-17/h4-10,15,19,21H,11-14H2,1-3H3. The summed E-state index contributed by atoms with van der Waals surface area (Å²) in [6.45, 7) is 9.29. The first-order valence-corrected chi connectivity index (χ1v) is 8.87. The van der Waals surface area contributed by atoms with Crippen molar-refractivity contribution in [1.29, 1.82) is 0 Å². The van der Waals surface area contributed by atoms with Crippen LogP contribution in [0.25, 0.3) is 0 Å². The summed E-state index contributed by atoms with van der Waals surface area (Å²) < 4.78 is 0. The fourth-order valence-corrected chi connectivity index (χ4v) is 3.42. The van der Waals surface area contributed by atoms with Gasteiger partial charge in [0.15, 0.2) is 0 Å². The van der Waals surface area contributed by atoms with Gasteiger partial charge in [0, 0.05) is 22.8 Å². The van der Waals surface area contributed by atoms with Crippen LogP contribution in [-0.2, 0) is 6.54 Å². The second kappa shape index (κ2) is 8.47. The number of hydrogen-bond acceptors (Lipinski definition) is 3. The quantitative estimate of drug-likeness (QED) is 0.767. The minimum atomic E-state index is -0.422. The van der Waals surface area contributed by atoms with Crippen LogP contribution in [0.3, 0.4) is 0 Å². The summed E-state index contributed by atoms with van der Waals surface area (Å²) in [6, 6.07) is 14.3. The molecule has 2 aromatic rings. The van der Waals surface area contributed by atoms with E-state index in [1.807, 2.05) is 41.7 Å². The number of benzene rings is 1. The van der Waals surface area contributed by atoms with E-state index in [1.165, 1.54) is 9.75 Å². The zero-order valence-electron chi connectivity index (χ0n) is 13.8. The molecule has 0 bridgehead atoms. The largest absolute Gasteiger partial charge is 0.387 e. The molecule has 0 aliphatic rings. The molecule has 0 aliphatic heterocycles. The van der Waals surface area contributed by atoms with E-state index >= 15 is 0 Å². The van der Waals surface area contributed by atoms with E-state index in [4.69, 9.17) is 0 Å². The molecular formula is C19H27NOS. The molecule has 2 rings (SSSR count). The highest BCUT2D eigenvalue weighted by Gasteiger charge is 2.15. The molecule has 0 radical (unpaired) electrons. The molecule has 0 amide bonds. The first-order valence-electron chi connectivity index (χ1n) is 8.05. The SMILES string of the molecule is Cc1ccc(CN(CCC(C)C)CC(O)c2ccccc2)s1. The molecule has 0 fully saturated rings. The Bertz CT molecular complexity index is 550. The third kappa shape index (κ3) is 5.56. The molecule has 1 unspecified atom stereocenters. The molecule has 0 aliphatic carbocycles. The van der Waals surface area contributed by atoms with E-state index in [1.54, 1.807) is 0 Å². The summed E-state index contributed by atoms with van der Waals surface area (Å²) in [5, 5.41) is 10.5. The van der Waals surface area contributed by atoms with Gasteiger partial charge >= 0.3 is 0 Å². The van der Waals surface area contributed by atoms with Gasteiger partial charge in [-0.05, 0) is 43.5 Å². The van der Waals surface area contributed by atoms with Crippen molar-refractivity contribution in [2.45, 2.75) is 39.8 Å². The predicted molar refractivity (Wildman–Crippen MR) is 95.2 cm³/mol. The Balaban J connectivity index is 2.00. The van der Waals surface area contributed by atoms with Crippen LogP contribution in [0.2, 0.25) is 0 Å². The summed E-state index contributed by atoms with van der Waals surface area (Å²) in [7, 11) is 0.